The first kappa shape index (κ1) is 27.4. The Morgan fingerprint density at radius 2 is 1.56 bits per heavy atom. The lowest BCUT2D eigenvalue weighted by atomic mass is 10.1. The van der Waals surface area contributed by atoms with Gasteiger partial charge in [0, 0.05) is 26.6 Å². The molecule has 0 aliphatic heterocycles. The highest BCUT2D eigenvalue weighted by molar-refractivity contribution is 7.92. The number of anilines is 1. The lowest BCUT2D eigenvalue weighted by molar-refractivity contribution is -0.141. The zero-order chi connectivity index (χ0) is 25.5. The monoisotopic (exact) mass is 487 g/mol. The predicted molar refractivity (Wildman–Crippen MR) is 137 cm³/mol. The van der Waals surface area contributed by atoms with Crippen LogP contribution in [0.1, 0.15) is 48.4 Å². The fourth-order valence-corrected chi connectivity index (χ4v) is 5.02. The molecule has 0 aliphatic carbocycles. The quantitative estimate of drug-likeness (QED) is 0.523. The van der Waals surface area contributed by atoms with Gasteiger partial charge >= 0.3 is 0 Å². The van der Waals surface area contributed by atoms with E-state index in [-0.39, 0.29) is 24.8 Å². The number of likely N-dealkylation sites (N-methyl/N-ethyl adjacent to an activating group) is 1. The van der Waals surface area contributed by atoms with Gasteiger partial charge in [-0.05, 0) is 62.4 Å². The SMILES string of the molecule is CC[C@@H](C(=O)NC)N(Cc1ccc(C)cc1)C(=O)CCCN(c1cc(C)cc(C)c1)S(C)(=O)=O. The summed E-state index contributed by atoms with van der Waals surface area (Å²) in [6.45, 7) is 8.22. The van der Waals surface area contributed by atoms with Gasteiger partial charge < -0.3 is 10.2 Å². The summed E-state index contributed by atoms with van der Waals surface area (Å²) in [5.74, 6) is -0.388. The van der Waals surface area contributed by atoms with E-state index in [0.29, 0.717) is 25.1 Å². The molecule has 0 unspecified atom stereocenters. The van der Waals surface area contributed by atoms with E-state index >= 15 is 0 Å². The van der Waals surface area contributed by atoms with Crippen LogP contribution in [-0.4, -0.2) is 51.0 Å². The molecule has 2 aromatic rings. The molecule has 0 saturated heterocycles. The van der Waals surface area contributed by atoms with Crippen molar-refractivity contribution < 1.29 is 18.0 Å². The van der Waals surface area contributed by atoms with Crippen LogP contribution in [0.2, 0.25) is 0 Å². The van der Waals surface area contributed by atoms with Crippen LogP contribution < -0.4 is 9.62 Å². The minimum atomic E-state index is -3.52. The number of hydrogen-bond acceptors (Lipinski definition) is 4. The summed E-state index contributed by atoms with van der Waals surface area (Å²) < 4.78 is 26.3. The zero-order valence-corrected chi connectivity index (χ0v) is 21.9. The lowest BCUT2D eigenvalue weighted by Gasteiger charge is -2.31. The van der Waals surface area contributed by atoms with Gasteiger partial charge in [-0.1, -0.05) is 42.8 Å². The Hall–Kier alpha value is -2.87. The number of sulfonamides is 1. The van der Waals surface area contributed by atoms with Gasteiger partial charge in [-0.2, -0.15) is 0 Å². The number of nitrogens with one attached hydrogen (secondary N) is 1. The van der Waals surface area contributed by atoms with Crippen LogP contribution in [0.3, 0.4) is 0 Å². The molecule has 0 fully saturated rings. The highest BCUT2D eigenvalue weighted by atomic mass is 32.2. The highest BCUT2D eigenvalue weighted by Crippen LogP contribution is 2.22. The molecule has 7 nitrogen and oxygen atoms in total. The van der Waals surface area contributed by atoms with Crippen molar-refractivity contribution in [3.8, 4) is 0 Å². The first-order valence-electron chi connectivity index (χ1n) is 11.6. The first-order valence-corrected chi connectivity index (χ1v) is 13.4. The molecule has 186 valence electrons. The van der Waals surface area contributed by atoms with Crippen LogP contribution in [0.4, 0.5) is 5.69 Å². The normalized spacial score (nSPS) is 12.2. The largest absolute Gasteiger partial charge is 0.357 e. The van der Waals surface area contributed by atoms with Crippen molar-refractivity contribution in [2.24, 2.45) is 0 Å². The molecular formula is C26H37N3O4S. The number of benzene rings is 2. The second-order valence-electron chi connectivity index (χ2n) is 8.83. The average molecular weight is 488 g/mol. The molecule has 2 amide bonds. The minimum absolute atomic E-state index is 0.135. The van der Waals surface area contributed by atoms with E-state index in [1.165, 1.54) is 10.6 Å². The molecule has 0 aliphatic rings. The molecule has 0 radical (unpaired) electrons. The molecule has 0 aromatic heterocycles. The molecule has 2 aromatic carbocycles. The molecule has 2 rings (SSSR count). The highest BCUT2D eigenvalue weighted by Gasteiger charge is 2.28. The van der Waals surface area contributed by atoms with E-state index in [1.54, 1.807) is 11.9 Å². The summed E-state index contributed by atoms with van der Waals surface area (Å²) in [4.78, 5) is 27.4. The Labute approximate surface area is 204 Å². The van der Waals surface area contributed by atoms with Gasteiger partial charge in [0.2, 0.25) is 21.8 Å². The fraction of sp³-hybridized carbons (Fsp3) is 0.462. The Morgan fingerprint density at radius 1 is 0.971 bits per heavy atom. The Kier molecular flexibility index (Phi) is 9.67. The van der Waals surface area contributed by atoms with Gasteiger partial charge in [0.05, 0.1) is 11.9 Å². The van der Waals surface area contributed by atoms with Crippen LogP contribution in [0.25, 0.3) is 0 Å². The third kappa shape index (κ3) is 7.58. The molecule has 1 atom stereocenters. The summed E-state index contributed by atoms with van der Waals surface area (Å²) >= 11 is 0. The molecule has 0 heterocycles. The molecule has 0 bridgehead atoms. The average Bonchev–Trinajstić information content (AvgIpc) is 2.75. The van der Waals surface area contributed by atoms with Crippen molar-refractivity contribution in [2.45, 2.75) is 59.5 Å². The predicted octanol–water partition coefficient (Wildman–Crippen LogP) is 3.71. The van der Waals surface area contributed by atoms with Crippen LogP contribution in [0, 0.1) is 20.8 Å². The van der Waals surface area contributed by atoms with Gasteiger partial charge in [0.1, 0.15) is 6.04 Å². The maximum atomic E-state index is 13.3. The Balaban J connectivity index is 2.20. The summed E-state index contributed by atoms with van der Waals surface area (Å²) in [7, 11) is -1.95. The number of carbonyl (C=O) groups is 2. The van der Waals surface area contributed by atoms with Crippen molar-refractivity contribution in [1.29, 1.82) is 0 Å². The fourth-order valence-electron chi connectivity index (χ4n) is 4.07. The number of nitrogens with zero attached hydrogens (tertiary/aromatic N) is 2. The van der Waals surface area contributed by atoms with Crippen molar-refractivity contribution in [3.63, 3.8) is 0 Å². The first-order chi connectivity index (χ1) is 16.0. The summed E-state index contributed by atoms with van der Waals surface area (Å²) in [5, 5.41) is 2.65. The van der Waals surface area contributed by atoms with Crippen molar-refractivity contribution >= 4 is 27.5 Å². The van der Waals surface area contributed by atoms with Gasteiger partial charge in [0.25, 0.3) is 0 Å². The van der Waals surface area contributed by atoms with Gasteiger partial charge in [-0.3, -0.25) is 13.9 Å². The van der Waals surface area contributed by atoms with E-state index in [0.717, 1.165) is 22.3 Å². The van der Waals surface area contributed by atoms with E-state index < -0.39 is 16.1 Å². The smallest absolute Gasteiger partial charge is 0.242 e. The third-order valence-electron chi connectivity index (χ3n) is 5.75. The second-order valence-corrected chi connectivity index (χ2v) is 10.7. The van der Waals surface area contributed by atoms with E-state index in [1.807, 2.05) is 70.2 Å². The van der Waals surface area contributed by atoms with Crippen LogP contribution in [0.5, 0.6) is 0 Å². The van der Waals surface area contributed by atoms with Gasteiger partial charge in [0.15, 0.2) is 0 Å². The number of amides is 2. The zero-order valence-electron chi connectivity index (χ0n) is 21.1. The van der Waals surface area contributed by atoms with E-state index in [9.17, 15) is 18.0 Å². The van der Waals surface area contributed by atoms with E-state index in [4.69, 9.17) is 0 Å². The molecule has 0 saturated carbocycles. The maximum absolute atomic E-state index is 13.3. The van der Waals surface area contributed by atoms with Crippen LogP contribution in [-0.2, 0) is 26.2 Å². The van der Waals surface area contributed by atoms with E-state index in [2.05, 4.69) is 5.32 Å². The van der Waals surface area contributed by atoms with Crippen molar-refractivity contribution in [3.05, 3.63) is 64.7 Å². The van der Waals surface area contributed by atoms with Gasteiger partial charge in [-0.25, -0.2) is 8.42 Å². The summed E-state index contributed by atoms with van der Waals surface area (Å²) in [6.07, 6.45) is 2.13. The standard InChI is InChI=1S/C26H37N3O4S/c1-7-24(26(31)27-5)28(18-22-12-10-19(2)11-13-22)25(30)9-8-14-29(34(6,32)33)23-16-20(3)15-21(4)17-23/h10-13,15-17,24H,7-9,14,18H2,1-6H3,(H,27,31)/t24-/m0/s1. The molecule has 8 heteroatoms. The third-order valence-corrected chi connectivity index (χ3v) is 6.95. The maximum Gasteiger partial charge on any atom is 0.242 e. The van der Waals surface area contributed by atoms with Gasteiger partial charge in [-0.15, -0.1) is 0 Å². The molecular weight excluding hydrogens is 450 g/mol. The molecule has 34 heavy (non-hydrogen) atoms. The van der Waals surface area contributed by atoms with Crippen molar-refractivity contribution in [1.82, 2.24) is 10.2 Å². The van der Waals surface area contributed by atoms with Crippen LogP contribution >= 0.6 is 0 Å². The summed E-state index contributed by atoms with van der Waals surface area (Å²) in [5.41, 5.74) is 4.60. The summed E-state index contributed by atoms with van der Waals surface area (Å²) in [6, 6.07) is 12.9. The number of carbonyl (C=O) groups excluding carboxylic acids is 2. The minimum Gasteiger partial charge on any atom is -0.357 e. The molecule has 0 spiro atoms. The molecule has 1 N–H and O–H groups in total. The number of rotatable bonds is 11. The topological polar surface area (TPSA) is 86.8 Å². The van der Waals surface area contributed by atoms with Crippen molar-refractivity contribution in [2.75, 3.05) is 24.2 Å². The number of hydrogen-bond donors (Lipinski definition) is 1. The van der Waals surface area contributed by atoms with Crippen LogP contribution in [0.15, 0.2) is 42.5 Å². The second kappa shape index (κ2) is 12.0. The Morgan fingerprint density at radius 3 is 2.06 bits per heavy atom. The Bertz CT molecular complexity index is 1080. The number of aryl methyl sites for hydroxylation is 3. The lowest BCUT2D eigenvalue weighted by Crippen LogP contribution is -2.48.